The zero-order valence-corrected chi connectivity index (χ0v) is 18.8. The zero-order chi connectivity index (χ0) is 24.1. The number of amides is 1. The smallest absolute Gasteiger partial charge is 0.293 e. The van der Waals surface area contributed by atoms with Gasteiger partial charge in [-0.3, -0.25) is 14.2 Å². The second-order valence-corrected chi connectivity index (χ2v) is 7.64. The van der Waals surface area contributed by atoms with Gasteiger partial charge < -0.3 is 20.4 Å². The molecule has 0 aliphatic carbocycles. The second kappa shape index (κ2) is 10.1. The van der Waals surface area contributed by atoms with Gasteiger partial charge >= 0.3 is 0 Å². The van der Waals surface area contributed by atoms with E-state index in [0.717, 1.165) is 5.69 Å². The van der Waals surface area contributed by atoms with Crippen molar-refractivity contribution in [3.8, 4) is 5.88 Å². The maximum absolute atomic E-state index is 13.7. The van der Waals surface area contributed by atoms with Gasteiger partial charge in [-0.05, 0) is 24.6 Å². The first-order chi connectivity index (χ1) is 16.4. The highest BCUT2D eigenvalue weighted by molar-refractivity contribution is 5.78. The summed E-state index contributed by atoms with van der Waals surface area (Å²) in [6.45, 7) is 2.12. The number of H-pyrrole nitrogens is 1. The average Bonchev–Trinajstić information content (AvgIpc) is 3.22. The van der Waals surface area contributed by atoms with Gasteiger partial charge in [0.15, 0.2) is 5.82 Å². The molecule has 0 bridgehead atoms. The molecule has 11 heteroatoms. The molecule has 0 saturated heterocycles. The van der Waals surface area contributed by atoms with E-state index in [1.807, 2.05) is 12.1 Å². The lowest BCUT2D eigenvalue weighted by Crippen LogP contribution is -2.34. The van der Waals surface area contributed by atoms with Crippen molar-refractivity contribution in [3.63, 3.8) is 0 Å². The molecule has 34 heavy (non-hydrogen) atoms. The van der Waals surface area contributed by atoms with Crippen molar-refractivity contribution in [2.75, 3.05) is 19.0 Å². The van der Waals surface area contributed by atoms with Crippen LogP contribution < -0.4 is 20.9 Å². The Labute approximate surface area is 194 Å². The summed E-state index contributed by atoms with van der Waals surface area (Å²) >= 11 is 0. The lowest BCUT2D eigenvalue weighted by atomic mass is 10.2. The number of carbonyl (C=O) groups excluding carboxylic acids is 1. The number of aromatic amines is 1. The average molecular weight is 465 g/mol. The van der Waals surface area contributed by atoms with E-state index in [2.05, 4.69) is 30.6 Å². The van der Waals surface area contributed by atoms with Crippen LogP contribution in [-0.2, 0) is 24.3 Å². The number of fused-ring (bicyclic) bond motifs is 1. The van der Waals surface area contributed by atoms with Gasteiger partial charge in [-0.25, -0.2) is 19.3 Å². The molecule has 0 radical (unpaired) electrons. The monoisotopic (exact) mass is 465 g/mol. The molecule has 0 aliphatic heterocycles. The van der Waals surface area contributed by atoms with Gasteiger partial charge in [0.25, 0.3) is 5.56 Å². The lowest BCUT2D eigenvalue weighted by molar-refractivity contribution is -0.121. The van der Waals surface area contributed by atoms with E-state index < -0.39 is 11.4 Å². The highest BCUT2D eigenvalue weighted by Gasteiger charge is 2.12. The van der Waals surface area contributed by atoms with E-state index in [1.54, 1.807) is 32.4 Å². The number of hydrogen-bond donors (Lipinski definition) is 3. The molecule has 0 spiro atoms. The Hall–Kier alpha value is -4.28. The molecular weight excluding hydrogens is 441 g/mol. The number of aromatic nitrogens is 5. The molecule has 4 rings (SSSR count). The van der Waals surface area contributed by atoms with Crippen molar-refractivity contribution in [2.45, 2.75) is 26.4 Å². The van der Waals surface area contributed by atoms with Crippen LogP contribution in [0.1, 0.15) is 17.0 Å². The van der Waals surface area contributed by atoms with Crippen molar-refractivity contribution in [3.05, 3.63) is 76.0 Å². The highest BCUT2D eigenvalue weighted by atomic mass is 19.1. The predicted molar refractivity (Wildman–Crippen MR) is 124 cm³/mol. The predicted octanol–water partition coefficient (Wildman–Crippen LogP) is 1.94. The first-order valence-electron chi connectivity index (χ1n) is 10.6. The molecule has 0 aromatic carbocycles. The van der Waals surface area contributed by atoms with E-state index in [4.69, 9.17) is 4.74 Å². The topological polar surface area (TPSA) is 127 Å². The van der Waals surface area contributed by atoms with Gasteiger partial charge in [0.2, 0.25) is 11.8 Å². The van der Waals surface area contributed by atoms with Crippen LogP contribution in [0.4, 0.5) is 10.2 Å². The molecule has 4 aromatic heterocycles. The number of hydrogen-bond acceptors (Lipinski definition) is 7. The van der Waals surface area contributed by atoms with E-state index in [1.165, 1.54) is 17.0 Å². The number of methoxy groups -OCH3 is 1. The minimum absolute atomic E-state index is 0.152. The fraction of sp³-hybridized carbons (Fsp3) is 0.261. The maximum atomic E-state index is 13.7. The molecule has 4 heterocycles. The number of ether oxygens (including phenoxy) is 1. The van der Waals surface area contributed by atoms with Gasteiger partial charge in [0, 0.05) is 55.6 Å². The molecule has 176 valence electrons. The van der Waals surface area contributed by atoms with Crippen molar-refractivity contribution in [1.82, 2.24) is 29.8 Å². The maximum Gasteiger partial charge on any atom is 0.293 e. The van der Waals surface area contributed by atoms with Crippen LogP contribution in [0.15, 0.2) is 47.7 Å². The van der Waals surface area contributed by atoms with Crippen molar-refractivity contribution in [2.24, 2.45) is 0 Å². The van der Waals surface area contributed by atoms with Crippen LogP contribution in [0, 0.1) is 12.7 Å². The molecule has 10 nitrogen and oxygen atoms in total. The molecule has 1 amide bonds. The van der Waals surface area contributed by atoms with E-state index in [0.29, 0.717) is 41.1 Å². The SMILES string of the molecule is COc1cccc(CCNc2ncc(C)n(CC(=O)NCc3cnc4[nH]cc(F)c4c3)c2=O)n1. The van der Waals surface area contributed by atoms with Crippen LogP contribution in [0.25, 0.3) is 11.0 Å². The lowest BCUT2D eigenvalue weighted by Gasteiger charge is -2.12. The Balaban J connectivity index is 1.37. The molecule has 3 N–H and O–H groups in total. The second-order valence-electron chi connectivity index (χ2n) is 7.64. The molecule has 0 atom stereocenters. The summed E-state index contributed by atoms with van der Waals surface area (Å²) in [7, 11) is 1.55. The zero-order valence-electron chi connectivity index (χ0n) is 18.8. The Morgan fingerprint density at radius 2 is 2.12 bits per heavy atom. The largest absolute Gasteiger partial charge is 0.481 e. The van der Waals surface area contributed by atoms with Gasteiger partial charge in [-0.15, -0.1) is 0 Å². The number of rotatable bonds is 9. The minimum atomic E-state index is -0.406. The fourth-order valence-electron chi connectivity index (χ4n) is 3.42. The third kappa shape index (κ3) is 5.20. The van der Waals surface area contributed by atoms with E-state index in [9.17, 15) is 14.0 Å². The van der Waals surface area contributed by atoms with Gasteiger partial charge in [-0.2, -0.15) is 0 Å². The van der Waals surface area contributed by atoms with Crippen molar-refractivity contribution < 1.29 is 13.9 Å². The van der Waals surface area contributed by atoms with Gasteiger partial charge in [-0.1, -0.05) is 6.07 Å². The summed E-state index contributed by atoms with van der Waals surface area (Å²) in [5, 5.41) is 6.11. The van der Waals surface area contributed by atoms with Gasteiger partial charge in [0.1, 0.15) is 18.0 Å². The van der Waals surface area contributed by atoms with E-state index >= 15 is 0 Å². The molecule has 0 fully saturated rings. The number of anilines is 1. The minimum Gasteiger partial charge on any atom is -0.481 e. The third-order valence-electron chi connectivity index (χ3n) is 5.25. The molecular formula is C23H24FN7O3. The Morgan fingerprint density at radius 3 is 2.94 bits per heavy atom. The van der Waals surface area contributed by atoms with Crippen LogP contribution in [0.3, 0.4) is 0 Å². The summed E-state index contributed by atoms with van der Waals surface area (Å²) in [6, 6.07) is 7.10. The number of nitrogens with one attached hydrogen (secondary N) is 3. The number of carbonyl (C=O) groups is 1. The number of pyridine rings is 2. The number of aryl methyl sites for hydroxylation is 1. The Kier molecular flexibility index (Phi) is 6.81. The summed E-state index contributed by atoms with van der Waals surface area (Å²) in [5.74, 6) is -0.0958. The highest BCUT2D eigenvalue weighted by Crippen LogP contribution is 2.15. The van der Waals surface area contributed by atoms with Crippen LogP contribution in [0.5, 0.6) is 5.88 Å². The standard InChI is InChI=1S/C23H24FN7O3/c1-14-9-27-22(25-7-6-16-4-3-5-20(30-16)34-2)23(33)31(14)13-19(32)26-10-15-8-17-18(24)12-29-21(17)28-11-15/h3-5,8-9,11-12H,6-7,10,13H2,1-2H3,(H,25,27)(H,26,32)(H,28,29). The normalized spacial score (nSPS) is 10.9. The summed E-state index contributed by atoms with van der Waals surface area (Å²) in [4.78, 5) is 40.7. The molecule has 0 saturated carbocycles. The van der Waals surface area contributed by atoms with Crippen molar-refractivity contribution >= 4 is 22.8 Å². The van der Waals surface area contributed by atoms with Crippen LogP contribution >= 0.6 is 0 Å². The molecule has 4 aromatic rings. The van der Waals surface area contributed by atoms with Gasteiger partial charge in [0.05, 0.1) is 12.5 Å². The molecule has 0 unspecified atom stereocenters. The summed E-state index contributed by atoms with van der Waals surface area (Å²) in [6.07, 6.45) is 4.89. The van der Waals surface area contributed by atoms with Crippen molar-refractivity contribution in [1.29, 1.82) is 0 Å². The first kappa shape index (κ1) is 22.9. The summed E-state index contributed by atoms with van der Waals surface area (Å²) < 4.78 is 20.2. The first-order valence-corrected chi connectivity index (χ1v) is 10.6. The van der Waals surface area contributed by atoms with E-state index in [-0.39, 0.29) is 24.8 Å². The van der Waals surface area contributed by atoms with Crippen LogP contribution in [-0.4, -0.2) is 44.1 Å². The Morgan fingerprint density at radius 1 is 1.26 bits per heavy atom. The Bertz CT molecular complexity index is 1380. The summed E-state index contributed by atoms with van der Waals surface area (Å²) in [5.41, 5.74) is 2.05. The quantitative estimate of drug-likeness (QED) is 0.345. The number of halogens is 1. The number of nitrogens with zero attached hydrogens (tertiary/aromatic N) is 4. The third-order valence-corrected chi connectivity index (χ3v) is 5.25. The molecule has 0 aliphatic rings. The van der Waals surface area contributed by atoms with Crippen LogP contribution in [0.2, 0.25) is 0 Å². The fourth-order valence-corrected chi connectivity index (χ4v) is 3.42.